The van der Waals surface area contributed by atoms with Crippen LogP contribution in [0.3, 0.4) is 0 Å². The third-order valence-electron chi connectivity index (χ3n) is 3.69. The summed E-state index contributed by atoms with van der Waals surface area (Å²) < 4.78 is 32.0. The largest absolute Gasteiger partial charge is 0.484 e. The lowest BCUT2D eigenvalue weighted by Crippen LogP contribution is -2.20. The number of nitrogens with one attached hydrogen (secondary N) is 1. The predicted molar refractivity (Wildman–Crippen MR) is 103 cm³/mol. The summed E-state index contributed by atoms with van der Waals surface area (Å²) in [6, 6.07) is 19.4. The zero-order valence-electron chi connectivity index (χ0n) is 14.3. The third-order valence-corrected chi connectivity index (χ3v) is 4.81. The SMILES string of the molecule is O=C(COc1ccc(F)cc1)Nc1ccccc1SCc1ccccc1F. The molecule has 1 N–H and O–H groups in total. The predicted octanol–water partition coefficient (Wildman–Crippen LogP) is 5.27. The van der Waals surface area contributed by atoms with Crippen molar-refractivity contribution in [2.75, 3.05) is 11.9 Å². The number of hydrogen-bond acceptors (Lipinski definition) is 3. The number of benzene rings is 3. The highest BCUT2D eigenvalue weighted by Crippen LogP contribution is 2.30. The van der Waals surface area contributed by atoms with E-state index in [1.165, 1.54) is 42.1 Å². The number of halogens is 2. The fourth-order valence-corrected chi connectivity index (χ4v) is 3.33. The highest BCUT2D eigenvalue weighted by Gasteiger charge is 2.09. The van der Waals surface area contributed by atoms with Crippen LogP contribution in [0.25, 0.3) is 0 Å². The molecule has 0 spiro atoms. The molecule has 0 aliphatic heterocycles. The van der Waals surface area contributed by atoms with E-state index in [4.69, 9.17) is 4.74 Å². The molecule has 0 aliphatic rings. The van der Waals surface area contributed by atoms with E-state index in [1.54, 1.807) is 24.3 Å². The second-order valence-electron chi connectivity index (χ2n) is 5.67. The van der Waals surface area contributed by atoms with Gasteiger partial charge in [0.25, 0.3) is 5.91 Å². The van der Waals surface area contributed by atoms with E-state index in [2.05, 4.69) is 5.32 Å². The second kappa shape index (κ2) is 9.19. The quantitative estimate of drug-likeness (QED) is 0.563. The molecule has 0 saturated heterocycles. The van der Waals surface area contributed by atoms with E-state index in [1.807, 2.05) is 18.2 Å². The molecule has 3 nitrogen and oxygen atoms in total. The van der Waals surface area contributed by atoms with E-state index < -0.39 is 0 Å². The molecule has 0 fully saturated rings. The lowest BCUT2D eigenvalue weighted by atomic mass is 10.2. The molecule has 1 amide bonds. The van der Waals surface area contributed by atoms with Crippen molar-refractivity contribution in [2.24, 2.45) is 0 Å². The Morgan fingerprint density at radius 3 is 2.41 bits per heavy atom. The summed E-state index contributed by atoms with van der Waals surface area (Å²) in [4.78, 5) is 13.0. The number of carbonyl (C=O) groups excluding carboxylic acids is 1. The molecular weight excluding hydrogens is 368 g/mol. The molecule has 6 heteroatoms. The highest BCUT2D eigenvalue weighted by atomic mass is 32.2. The first-order valence-electron chi connectivity index (χ1n) is 8.25. The zero-order chi connectivity index (χ0) is 19.1. The summed E-state index contributed by atoms with van der Waals surface area (Å²) in [7, 11) is 0. The van der Waals surface area contributed by atoms with Crippen LogP contribution in [0.1, 0.15) is 5.56 Å². The van der Waals surface area contributed by atoms with Crippen LogP contribution in [0, 0.1) is 11.6 Å². The molecule has 0 aliphatic carbocycles. The van der Waals surface area contributed by atoms with Gasteiger partial charge in [-0.05, 0) is 48.0 Å². The van der Waals surface area contributed by atoms with E-state index in [0.717, 1.165) is 4.90 Å². The van der Waals surface area contributed by atoms with Crippen LogP contribution in [-0.2, 0) is 10.5 Å². The molecule has 0 unspecified atom stereocenters. The van der Waals surface area contributed by atoms with Gasteiger partial charge in [0.15, 0.2) is 6.61 Å². The Bertz CT molecular complexity index is 916. The molecule has 3 aromatic carbocycles. The zero-order valence-corrected chi connectivity index (χ0v) is 15.1. The first kappa shape index (κ1) is 18.9. The van der Waals surface area contributed by atoms with E-state index in [9.17, 15) is 13.6 Å². The van der Waals surface area contributed by atoms with Crippen LogP contribution in [0.4, 0.5) is 14.5 Å². The first-order chi connectivity index (χ1) is 13.1. The maximum Gasteiger partial charge on any atom is 0.262 e. The number of hydrogen-bond donors (Lipinski definition) is 1. The first-order valence-corrected chi connectivity index (χ1v) is 9.24. The van der Waals surface area contributed by atoms with Crippen molar-refractivity contribution < 1.29 is 18.3 Å². The van der Waals surface area contributed by atoms with Crippen molar-refractivity contribution in [1.82, 2.24) is 0 Å². The number of amides is 1. The third kappa shape index (κ3) is 5.56. The summed E-state index contributed by atoms with van der Waals surface area (Å²) in [6.45, 7) is -0.196. The van der Waals surface area contributed by atoms with Crippen LogP contribution in [0.5, 0.6) is 5.75 Å². The van der Waals surface area contributed by atoms with E-state index in [0.29, 0.717) is 22.8 Å². The Morgan fingerprint density at radius 1 is 0.926 bits per heavy atom. The fourth-order valence-electron chi connectivity index (χ4n) is 2.33. The van der Waals surface area contributed by atoms with E-state index in [-0.39, 0.29) is 24.1 Å². The van der Waals surface area contributed by atoms with E-state index >= 15 is 0 Å². The summed E-state index contributed by atoms with van der Waals surface area (Å²) in [5.41, 5.74) is 1.23. The normalized spacial score (nSPS) is 10.4. The average Bonchev–Trinajstić information content (AvgIpc) is 2.68. The molecule has 3 rings (SSSR count). The lowest BCUT2D eigenvalue weighted by Gasteiger charge is -2.12. The van der Waals surface area contributed by atoms with Crippen LogP contribution in [-0.4, -0.2) is 12.5 Å². The van der Waals surface area contributed by atoms with Crippen molar-refractivity contribution in [2.45, 2.75) is 10.6 Å². The Labute approximate surface area is 160 Å². The molecule has 0 radical (unpaired) electrons. The van der Waals surface area contributed by atoms with Crippen molar-refractivity contribution >= 4 is 23.4 Å². The minimum absolute atomic E-state index is 0.196. The maximum atomic E-state index is 13.8. The number of ether oxygens (including phenoxy) is 1. The molecule has 27 heavy (non-hydrogen) atoms. The number of carbonyl (C=O) groups is 1. The summed E-state index contributed by atoms with van der Waals surface area (Å²) in [6.07, 6.45) is 0. The summed E-state index contributed by atoms with van der Waals surface area (Å²) in [5, 5.41) is 2.79. The van der Waals surface area contributed by atoms with Gasteiger partial charge in [0.1, 0.15) is 17.4 Å². The van der Waals surface area contributed by atoms with Gasteiger partial charge < -0.3 is 10.1 Å². The summed E-state index contributed by atoms with van der Waals surface area (Å²) in [5.74, 6) is -0.0927. The van der Waals surface area contributed by atoms with Gasteiger partial charge >= 0.3 is 0 Å². The van der Waals surface area contributed by atoms with Crippen molar-refractivity contribution in [3.63, 3.8) is 0 Å². The monoisotopic (exact) mass is 385 g/mol. The average molecular weight is 385 g/mol. The van der Waals surface area contributed by atoms with Gasteiger partial charge in [-0.2, -0.15) is 0 Å². The van der Waals surface area contributed by atoms with Crippen molar-refractivity contribution in [1.29, 1.82) is 0 Å². The van der Waals surface area contributed by atoms with Crippen molar-refractivity contribution in [3.8, 4) is 5.75 Å². The highest BCUT2D eigenvalue weighted by molar-refractivity contribution is 7.98. The fraction of sp³-hybridized carbons (Fsp3) is 0.0952. The van der Waals surface area contributed by atoms with Gasteiger partial charge in [0.2, 0.25) is 0 Å². The minimum Gasteiger partial charge on any atom is -0.484 e. The smallest absolute Gasteiger partial charge is 0.262 e. The Balaban J connectivity index is 1.59. The standard InChI is InChI=1S/C21H17F2NO2S/c22-16-9-11-17(12-10-16)26-13-21(25)24-19-7-3-4-8-20(19)27-14-15-5-1-2-6-18(15)23/h1-12H,13-14H2,(H,24,25). The van der Waals surface area contributed by atoms with Crippen LogP contribution >= 0.6 is 11.8 Å². The molecule has 3 aromatic rings. The minimum atomic E-state index is -0.368. The van der Waals surface area contributed by atoms with Crippen LogP contribution < -0.4 is 10.1 Å². The topological polar surface area (TPSA) is 38.3 Å². The maximum absolute atomic E-state index is 13.8. The molecule has 0 bridgehead atoms. The lowest BCUT2D eigenvalue weighted by molar-refractivity contribution is -0.118. The van der Waals surface area contributed by atoms with Gasteiger partial charge in [-0.25, -0.2) is 8.78 Å². The Kier molecular flexibility index (Phi) is 6.44. The number of para-hydroxylation sites is 1. The number of thioether (sulfide) groups is 1. The number of anilines is 1. The molecule has 0 heterocycles. The van der Waals surface area contributed by atoms with Crippen molar-refractivity contribution in [3.05, 3.63) is 90.0 Å². The van der Waals surface area contributed by atoms with Gasteiger partial charge in [0, 0.05) is 10.6 Å². The van der Waals surface area contributed by atoms with Gasteiger partial charge in [0.05, 0.1) is 5.69 Å². The molecule has 0 atom stereocenters. The molecule has 138 valence electrons. The Morgan fingerprint density at radius 2 is 1.63 bits per heavy atom. The van der Waals surface area contributed by atoms with Gasteiger partial charge in [-0.3, -0.25) is 4.79 Å². The van der Waals surface area contributed by atoms with Gasteiger partial charge in [-0.1, -0.05) is 30.3 Å². The molecule has 0 saturated carbocycles. The number of rotatable bonds is 7. The second-order valence-corrected chi connectivity index (χ2v) is 6.68. The summed E-state index contributed by atoms with van der Waals surface area (Å²) >= 11 is 1.44. The Hall–Kier alpha value is -2.86. The van der Waals surface area contributed by atoms with Crippen LogP contribution in [0.15, 0.2) is 77.7 Å². The van der Waals surface area contributed by atoms with Crippen LogP contribution in [0.2, 0.25) is 0 Å². The molecular formula is C21H17F2NO2S. The molecule has 0 aromatic heterocycles. The van der Waals surface area contributed by atoms with Gasteiger partial charge in [-0.15, -0.1) is 11.8 Å².